The Morgan fingerprint density at radius 1 is 1.30 bits per heavy atom. The zero-order chi connectivity index (χ0) is 13.6. The lowest BCUT2D eigenvalue weighted by Gasteiger charge is -2.38. The van der Waals surface area contributed by atoms with Crippen molar-refractivity contribution in [3.8, 4) is 0 Å². The fourth-order valence-corrected chi connectivity index (χ4v) is 3.62. The number of aromatic nitrogens is 2. The highest BCUT2D eigenvalue weighted by Crippen LogP contribution is 2.39. The van der Waals surface area contributed by atoms with Crippen LogP contribution in [0.5, 0.6) is 0 Å². The van der Waals surface area contributed by atoms with Crippen LogP contribution in [0.1, 0.15) is 54.2 Å². The second kappa shape index (κ2) is 4.58. The molecule has 3 heterocycles. The van der Waals surface area contributed by atoms with Gasteiger partial charge in [0.15, 0.2) is 0 Å². The number of likely N-dealkylation sites (tertiary alicyclic amines) is 1. The average Bonchev–Trinajstić information content (AvgIpc) is 3.04. The van der Waals surface area contributed by atoms with Gasteiger partial charge in [-0.1, -0.05) is 0 Å². The van der Waals surface area contributed by atoms with Crippen molar-refractivity contribution >= 4 is 5.91 Å². The summed E-state index contributed by atoms with van der Waals surface area (Å²) in [4.78, 5) is 14.5. The zero-order valence-electron chi connectivity index (χ0n) is 11.8. The van der Waals surface area contributed by atoms with E-state index in [-0.39, 0.29) is 5.91 Å². The number of rotatable bonds is 2. The predicted molar refractivity (Wildman–Crippen MR) is 75.6 cm³/mol. The fourth-order valence-electron chi connectivity index (χ4n) is 3.62. The van der Waals surface area contributed by atoms with Crippen LogP contribution in [0.25, 0.3) is 0 Å². The number of hydrogen-bond donors (Lipinski definition) is 2. The van der Waals surface area contributed by atoms with Crippen LogP contribution in [0.15, 0.2) is 6.07 Å². The lowest BCUT2D eigenvalue weighted by atomic mass is 9.78. The number of carbonyl (C=O) groups is 1. The SMILES string of the molecule is O=C(c1cc(C2CC2)[nH]n1)N1CCC2(CCNC2)CC1. The smallest absolute Gasteiger partial charge is 0.274 e. The molecular weight excluding hydrogens is 252 g/mol. The van der Waals surface area contributed by atoms with Crippen molar-refractivity contribution in [1.29, 1.82) is 0 Å². The minimum Gasteiger partial charge on any atom is -0.337 e. The van der Waals surface area contributed by atoms with Gasteiger partial charge in [0.25, 0.3) is 5.91 Å². The van der Waals surface area contributed by atoms with Gasteiger partial charge in [-0.2, -0.15) is 5.10 Å². The van der Waals surface area contributed by atoms with Crippen molar-refractivity contribution in [2.75, 3.05) is 26.2 Å². The molecule has 0 atom stereocenters. The summed E-state index contributed by atoms with van der Waals surface area (Å²) in [5.41, 5.74) is 2.20. The Kier molecular flexibility index (Phi) is 2.84. The van der Waals surface area contributed by atoms with Crippen molar-refractivity contribution in [3.05, 3.63) is 17.5 Å². The molecule has 1 aromatic rings. The lowest BCUT2D eigenvalue weighted by molar-refractivity contribution is 0.0602. The van der Waals surface area contributed by atoms with Crippen LogP contribution >= 0.6 is 0 Å². The minimum absolute atomic E-state index is 0.106. The maximum atomic E-state index is 12.5. The Hall–Kier alpha value is -1.36. The molecule has 3 aliphatic rings. The molecule has 20 heavy (non-hydrogen) atoms. The first-order valence-corrected chi connectivity index (χ1v) is 7.81. The van der Waals surface area contributed by atoms with E-state index in [0.717, 1.165) is 44.7 Å². The molecule has 1 spiro atoms. The van der Waals surface area contributed by atoms with Gasteiger partial charge in [-0.3, -0.25) is 9.89 Å². The van der Waals surface area contributed by atoms with E-state index in [1.54, 1.807) is 0 Å². The molecule has 2 saturated heterocycles. The summed E-state index contributed by atoms with van der Waals surface area (Å²) in [5.74, 6) is 0.729. The van der Waals surface area contributed by atoms with Crippen LogP contribution in [0.3, 0.4) is 0 Å². The van der Waals surface area contributed by atoms with E-state index >= 15 is 0 Å². The van der Waals surface area contributed by atoms with Crippen LogP contribution in [-0.4, -0.2) is 47.2 Å². The van der Waals surface area contributed by atoms with Crippen LogP contribution in [0.2, 0.25) is 0 Å². The first-order chi connectivity index (χ1) is 9.76. The van der Waals surface area contributed by atoms with Crippen molar-refractivity contribution in [2.24, 2.45) is 5.41 Å². The molecule has 5 nitrogen and oxygen atoms in total. The summed E-state index contributed by atoms with van der Waals surface area (Å²) in [6.07, 6.45) is 5.99. The lowest BCUT2D eigenvalue weighted by Crippen LogP contribution is -2.44. The van der Waals surface area contributed by atoms with Gasteiger partial charge in [0.1, 0.15) is 5.69 Å². The molecule has 2 aliphatic heterocycles. The van der Waals surface area contributed by atoms with Gasteiger partial charge in [-0.05, 0) is 50.1 Å². The third-order valence-electron chi connectivity index (χ3n) is 5.28. The van der Waals surface area contributed by atoms with E-state index in [9.17, 15) is 4.79 Å². The van der Waals surface area contributed by atoms with E-state index in [2.05, 4.69) is 15.5 Å². The first kappa shape index (κ1) is 12.4. The molecule has 0 aromatic carbocycles. The Balaban J connectivity index is 1.41. The topological polar surface area (TPSA) is 61.0 Å². The molecule has 3 fully saturated rings. The molecule has 1 saturated carbocycles. The summed E-state index contributed by atoms with van der Waals surface area (Å²) in [6, 6.07) is 1.96. The van der Waals surface area contributed by atoms with Gasteiger partial charge in [0, 0.05) is 31.2 Å². The normalized spacial score (nSPS) is 25.3. The third kappa shape index (κ3) is 2.14. The van der Waals surface area contributed by atoms with Crippen molar-refractivity contribution in [3.63, 3.8) is 0 Å². The Labute approximate surface area is 119 Å². The summed E-state index contributed by atoms with van der Waals surface area (Å²) in [5, 5.41) is 10.7. The van der Waals surface area contributed by atoms with Crippen LogP contribution in [0, 0.1) is 5.41 Å². The predicted octanol–water partition coefficient (Wildman–Crippen LogP) is 1.50. The average molecular weight is 274 g/mol. The molecule has 1 aliphatic carbocycles. The van der Waals surface area contributed by atoms with Gasteiger partial charge in [-0.15, -0.1) is 0 Å². The van der Waals surface area contributed by atoms with Gasteiger partial charge in [0.05, 0.1) is 0 Å². The highest BCUT2D eigenvalue weighted by atomic mass is 16.2. The Morgan fingerprint density at radius 3 is 2.75 bits per heavy atom. The van der Waals surface area contributed by atoms with Crippen LogP contribution in [-0.2, 0) is 0 Å². The highest BCUT2D eigenvalue weighted by Gasteiger charge is 2.38. The molecule has 1 aromatic heterocycles. The number of H-pyrrole nitrogens is 1. The molecule has 5 heteroatoms. The number of aromatic amines is 1. The quantitative estimate of drug-likeness (QED) is 0.859. The molecule has 108 valence electrons. The summed E-state index contributed by atoms with van der Waals surface area (Å²) in [6.45, 7) is 4.03. The maximum absolute atomic E-state index is 12.5. The van der Waals surface area contributed by atoms with Crippen molar-refractivity contribution < 1.29 is 4.79 Å². The van der Waals surface area contributed by atoms with Crippen LogP contribution in [0.4, 0.5) is 0 Å². The van der Waals surface area contributed by atoms with Crippen LogP contribution < -0.4 is 5.32 Å². The summed E-state index contributed by atoms with van der Waals surface area (Å²) >= 11 is 0. The number of nitrogens with zero attached hydrogens (tertiary/aromatic N) is 2. The van der Waals surface area contributed by atoms with Gasteiger partial charge < -0.3 is 10.2 Å². The molecule has 2 N–H and O–H groups in total. The zero-order valence-corrected chi connectivity index (χ0v) is 11.8. The third-order valence-corrected chi connectivity index (χ3v) is 5.28. The second-order valence-electron chi connectivity index (χ2n) is 6.70. The van der Waals surface area contributed by atoms with Crippen molar-refractivity contribution in [2.45, 2.75) is 38.0 Å². The summed E-state index contributed by atoms with van der Waals surface area (Å²) < 4.78 is 0. The second-order valence-corrected chi connectivity index (χ2v) is 6.70. The van der Waals surface area contributed by atoms with E-state index < -0.39 is 0 Å². The molecule has 1 amide bonds. The molecule has 4 rings (SSSR count). The molecule has 0 unspecified atom stereocenters. The van der Waals surface area contributed by atoms with E-state index in [0.29, 0.717) is 17.0 Å². The number of piperidine rings is 1. The highest BCUT2D eigenvalue weighted by molar-refractivity contribution is 5.92. The molecule has 0 radical (unpaired) electrons. The number of carbonyl (C=O) groups excluding carboxylic acids is 1. The van der Waals surface area contributed by atoms with E-state index in [4.69, 9.17) is 0 Å². The Morgan fingerprint density at radius 2 is 2.10 bits per heavy atom. The summed E-state index contributed by atoms with van der Waals surface area (Å²) in [7, 11) is 0. The minimum atomic E-state index is 0.106. The molecule has 0 bridgehead atoms. The number of amides is 1. The maximum Gasteiger partial charge on any atom is 0.274 e. The van der Waals surface area contributed by atoms with Gasteiger partial charge in [-0.25, -0.2) is 0 Å². The van der Waals surface area contributed by atoms with Gasteiger partial charge >= 0.3 is 0 Å². The Bertz CT molecular complexity index is 504. The molecular formula is C15H22N4O. The largest absolute Gasteiger partial charge is 0.337 e. The van der Waals surface area contributed by atoms with E-state index in [1.165, 1.54) is 19.3 Å². The number of hydrogen-bond acceptors (Lipinski definition) is 3. The standard InChI is InChI=1S/C15H22N4O/c20-14(13-9-12(17-18-13)11-1-2-11)19-7-4-15(5-8-19)3-6-16-10-15/h9,11,16H,1-8,10H2,(H,17,18). The van der Waals surface area contributed by atoms with E-state index in [1.807, 2.05) is 11.0 Å². The van der Waals surface area contributed by atoms with Crippen molar-refractivity contribution in [1.82, 2.24) is 20.4 Å². The van der Waals surface area contributed by atoms with Gasteiger partial charge in [0.2, 0.25) is 0 Å². The first-order valence-electron chi connectivity index (χ1n) is 7.81. The number of nitrogens with one attached hydrogen (secondary N) is 2. The monoisotopic (exact) mass is 274 g/mol. The fraction of sp³-hybridized carbons (Fsp3) is 0.733.